The van der Waals surface area contributed by atoms with Gasteiger partial charge in [-0.15, -0.1) is 0 Å². The van der Waals surface area contributed by atoms with Crippen LogP contribution in [0.15, 0.2) is 34.9 Å². The molecule has 1 aliphatic carbocycles. The molecule has 3 rings (SSSR count). The minimum absolute atomic E-state index is 0.104. The average Bonchev–Trinajstić information content (AvgIpc) is 2.97. The highest BCUT2D eigenvalue weighted by molar-refractivity contribution is 6.30. The average molecular weight is 350 g/mol. The number of benzene rings is 1. The van der Waals surface area contributed by atoms with Crippen molar-refractivity contribution in [2.45, 2.75) is 25.3 Å². The van der Waals surface area contributed by atoms with E-state index in [-0.39, 0.29) is 11.7 Å². The minimum atomic E-state index is -0.383. The second-order valence-electron chi connectivity index (χ2n) is 5.90. The Labute approximate surface area is 145 Å². The first-order valence-electron chi connectivity index (χ1n) is 7.98. The molecule has 1 heterocycles. The van der Waals surface area contributed by atoms with E-state index < -0.39 is 0 Å². The Bertz CT molecular complexity index is 683. The van der Waals surface area contributed by atoms with Crippen molar-refractivity contribution in [2.75, 3.05) is 25.5 Å². The third-order valence-electron chi connectivity index (χ3n) is 4.21. The fraction of sp³-hybridized carbons (Fsp3) is 0.412. The van der Waals surface area contributed by atoms with Crippen molar-refractivity contribution in [2.24, 2.45) is 0 Å². The Kier molecular flexibility index (Phi) is 5.37. The van der Waals surface area contributed by atoms with Gasteiger partial charge in [-0.2, -0.15) is 0 Å². The molecular weight excluding hydrogens is 330 g/mol. The maximum Gasteiger partial charge on any atom is 0.294 e. The molecule has 0 bridgehead atoms. The van der Waals surface area contributed by atoms with Crippen molar-refractivity contribution in [3.63, 3.8) is 0 Å². The highest BCUT2D eigenvalue weighted by Gasteiger charge is 2.21. The monoisotopic (exact) mass is 349 g/mol. The Morgan fingerprint density at radius 3 is 2.83 bits per heavy atom. The molecule has 0 atom stereocenters. The molecule has 128 valence electrons. The fourth-order valence-electron chi connectivity index (χ4n) is 2.46. The van der Waals surface area contributed by atoms with Crippen LogP contribution >= 0.6 is 11.6 Å². The molecule has 0 radical (unpaired) electrons. The number of hydrogen-bond acceptors (Lipinski definition) is 5. The number of nitrogens with one attached hydrogen (secondary N) is 1. The number of aromatic nitrogens is 1. The summed E-state index contributed by atoms with van der Waals surface area (Å²) < 4.78 is 10.6. The van der Waals surface area contributed by atoms with Gasteiger partial charge in [0.05, 0.1) is 6.07 Å². The first-order chi connectivity index (χ1) is 11.6. The van der Waals surface area contributed by atoms with Crippen molar-refractivity contribution in [3.8, 4) is 5.88 Å². The Balaban J connectivity index is 1.47. The molecule has 7 heteroatoms. The van der Waals surface area contributed by atoms with E-state index in [4.69, 9.17) is 20.9 Å². The smallest absolute Gasteiger partial charge is 0.294 e. The summed E-state index contributed by atoms with van der Waals surface area (Å²) in [5.74, 6) is 0.0387. The predicted molar refractivity (Wildman–Crippen MR) is 91.7 cm³/mol. The number of likely N-dealkylation sites (N-methyl/N-ethyl adjacent to an activating group) is 1. The second kappa shape index (κ2) is 7.68. The molecule has 0 unspecified atom stereocenters. The number of hydrogen-bond donors (Lipinski definition) is 1. The normalized spacial score (nSPS) is 14.5. The summed E-state index contributed by atoms with van der Waals surface area (Å²) in [4.78, 5) is 14.4. The first kappa shape index (κ1) is 16.8. The van der Waals surface area contributed by atoms with Crippen LogP contribution in [0, 0.1) is 0 Å². The van der Waals surface area contributed by atoms with Crippen LogP contribution in [-0.4, -0.2) is 42.2 Å². The van der Waals surface area contributed by atoms with Crippen LogP contribution in [0.2, 0.25) is 5.02 Å². The lowest BCUT2D eigenvalue weighted by atomic mass is 9.92. The van der Waals surface area contributed by atoms with Gasteiger partial charge in [0, 0.05) is 23.3 Å². The number of amides is 1. The number of carbonyl (C=O) groups is 1. The molecule has 6 nitrogen and oxygen atoms in total. The lowest BCUT2D eigenvalue weighted by molar-refractivity contribution is 0.0987. The van der Waals surface area contributed by atoms with Gasteiger partial charge in [-0.25, -0.2) is 0 Å². The largest absolute Gasteiger partial charge is 0.474 e. The van der Waals surface area contributed by atoms with Crippen molar-refractivity contribution in [1.29, 1.82) is 0 Å². The van der Waals surface area contributed by atoms with Gasteiger partial charge < -0.3 is 19.5 Å². The number of nitrogens with zero attached hydrogens (tertiary/aromatic N) is 2. The number of halogens is 1. The number of anilines is 1. The molecule has 0 aliphatic heterocycles. The van der Waals surface area contributed by atoms with Crippen LogP contribution in [0.4, 0.5) is 5.69 Å². The molecule has 0 saturated heterocycles. The van der Waals surface area contributed by atoms with Gasteiger partial charge in [0.1, 0.15) is 6.61 Å². The van der Waals surface area contributed by atoms with E-state index in [0.717, 1.165) is 6.54 Å². The van der Waals surface area contributed by atoms with Gasteiger partial charge in [0.15, 0.2) is 0 Å². The van der Waals surface area contributed by atoms with E-state index in [1.54, 1.807) is 24.3 Å². The molecular formula is C17H20ClN3O3. The minimum Gasteiger partial charge on any atom is -0.474 e. The zero-order chi connectivity index (χ0) is 16.9. The zero-order valence-electron chi connectivity index (χ0n) is 13.5. The summed E-state index contributed by atoms with van der Waals surface area (Å²) in [5.41, 5.74) is 0.630. The highest BCUT2D eigenvalue weighted by atomic mass is 35.5. The summed E-state index contributed by atoms with van der Waals surface area (Å²) in [5, 5.41) is 7.09. The molecule has 0 spiro atoms. The Morgan fingerprint density at radius 1 is 1.42 bits per heavy atom. The lowest BCUT2D eigenvalue weighted by Crippen LogP contribution is -2.39. The van der Waals surface area contributed by atoms with Crippen LogP contribution in [0.25, 0.3) is 0 Å². The standard InChI is InChI=1S/C17H20ClN3O3/c1-21(14-3-2-4-14)9-10-23-16-11-15(24-20-16)17(22)19-13-7-5-12(18)6-8-13/h5-8,11,14H,2-4,9-10H2,1H3,(H,19,22). The predicted octanol–water partition coefficient (Wildman–Crippen LogP) is 3.44. The summed E-state index contributed by atoms with van der Waals surface area (Å²) in [6.07, 6.45) is 3.83. The summed E-state index contributed by atoms with van der Waals surface area (Å²) in [7, 11) is 2.10. The van der Waals surface area contributed by atoms with Crippen LogP contribution in [0.5, 0.6) is 5.88 Å². The summed E-state index contributed by atoms with van der Waals surface area (Å²) in [6.45, 7) is 1.33. The molecule has 2 aromatic rings. The SMILES string of the molecule is CN(CCOc1cc(C(=O)Nc2ccc(Cl)cc2)on1)C1CCC1. The van der Waals surface area contributed by atoms with Gasteiger partial charge in [-0.3, -0.25) is 4.79 Å². The maximum atomic E-state index is 12.1. The zero-order valence-corrected chi connectivity index (χ0v) is 14.3. The third kappa shape index (κ3) is 4.27. The fourth-order valence-corrected chi connectivity index (χ4v) is 2.59. The molecule has 1 fully saturated rings. The molecule has 1 N–H and O–H groups in total. The first-order valence-corrected chi connectivity index (χ1v) is 8.36. The van der Waals surface area contributed by atoms with Crippen molar-refractivity contribution >= 4 is 23.2 Å². The van der Waals surface area contributed by atoms with Crippen LogP contribution < -0.4 is 10.1 Å². The van der Waals surface area contributed by atoms with Crippen LogP contribution in [0.1, 0.15) is 29.8 Å². The highest BCUT2D eigenvalue weighted by Crippen LogP contribution is 2.23. The van der Waals surface area contributed by atoms with Crippen LogP contribution in [-0.2, 0) is 0 Å². The third-order valence-corrected chi connectivity index (χ3v) is 4.46. The Hall–Kier alpha value is -2.05. The van der Waals surface area contributed by atoms with E-state index in [1.165, 1.54) is 25.3 Å². The van der Waals surface area contributed by atoms with Gasteiger partial charge >= 0.3 is 0 Å². The van der Waals surface area contributed by atoms with E-state index in [0.29, 0.717) is 29.2 Å². The lowest BCUT2D eigenvalue weighted by Gasteiger charge is -2.34. The topological polar surface area (TPSA) is 67.6 Å². The summed E-state index contributed by atoms with van der Waals surface area (Å²) in [6, 6.07) is 8.99. The Morgan fingerprint density at radius 2 is 2.17 bits per heavy atom. The number of ether oxygens (including phenoxy) is 1. The maximum absolute atomic E-state index is 12.1. The molecule has 1 aliphatic rings. The van der Waals surface area contributed by atoms with Gasteiger partial charge in [0.25, 0.3) is 11.8 Å². The second-order valence-corrected chi connectivity index (χ2v) is 6.34. The van der Waals surface area contributed by atoms with Crippen molar-refractivity contribution < 1.29 is 14.1 Å². The molecule has 24 heavy (non-hydrogen) atoms. The van der Waals surface area contributed by atoms with Gasteiger partial charge in [-0.05, 0) is 49.3 Å². The van der Waals surface area contributed by atoms with E-state index >= 15 is 0 Å². The van der Waals surface area contributed by atoms with Crippen LogP contribution in [0.3, 0.4) is 0 Å². The molecule has 1 amide bonds. The van der Waals surface area contributed by atoms with E-state index in [9.17, 15) is 4.79 Å². The molecule has 1 aromatic carbocycles. The van der Waals surface area contributed by atoms with Gasteiger partial charge in [-0.1, -0.05) is 18.0 Å². The van der Waals surface area contributed by atoms with Gasteiger partial charge in [0.2, 0.25) is 5.76 Å². The number of rotatable bonds is 7. The molecule has 1 saturated carbocycles. The van der Waals surface area contributed by atoms with Crippen molar-refractivity contribution in [3.05, 3.63) is 41.1 Å². The van der Waals surface area contributed by atoms with E-state index in [1.807, 2.05) is 0 Å². The summed E-state index contributed by atoms with van der Waals surface area (Å²) >= 11 is 5.81. The van der Waals surface area contributed by atoms with Crippen molar-refractivity contribution in [1.82, 2.24) is 10.1 Å². The quantitative estimate of drug-likeness (QED) is 0.829. The molecule has 1 aromatic heterocycles. The van der Waals surface area contributed by atoms with E-state index in [2.05, 4.69) is 22.4 Å². The number of carbonyl (C=O) groups excluding carboxylic acids is 1.